The van der Waals surface area contributed by atoms with E-state index in [1.807, 2.05) is 12.3 Å². The van der Waals surface area contributed by atoms with E-state index in [1.165, 1.54) is 5.56 Å². The maximum absolute atomic E-state index is 5.80. The number of nitrogens with one attached hydrogen (secondary N) is 2. The highest BCUT2D eigenvalue weighted by molar-refractivity contribution is 5.79. The first-order valence-electron chi connectivity index (χ1n) is 8.61. The van der Waals surface area contributed by atoms with Gasteiger partial charge in [0.15, 0.2) is 5.96 Å². The summed E-state index contributed by atoms with van der Waals surface area (Å²) in [5.74, 6) is 0.812. The van der Waals surface area contributed by atoms with Crippen molar-refractivity contribution in [3.8, 4) is 0 Å². The van der Waals surface area contributed by atoms with Crippen molar-refractivity contribution < 1.29 is 4.74 Å². The molecule has 3 heterocycles. The first-order valence-corrected chi connectivity index (χ1v) is 8.61. The Morgan fingerprint density at radius 1 is 1.46 bits per heavy atom. The molecule has 0 bridgehead atoms. The largest absolute Gasteiger partial charge is 0.373 e. The number of aliphatic imine (C=N–C) groups is 1. The Kier molecular flexibility index (Phi) is 5.04. The van der Waals surface area contributed by atoms with Crippen LogP contribution in [0.1, 0.15) is 31.0 Å². The maximum Gasteiger partial charge on any atom is 0.191 e. The molecule has 6 heteroatoms. The van der Waals surface area contributed by atoms with Crippen LogP contribution in [-0.2, 0) is 11.2 Å². The first kappa shape index (κ1) is 16.8. The molecule has 0 saturated carbocycles. The van der Waals surface area contributed by atoms with E-state index in [9.17, 15) is 0 Å². The Morgan fingerprint density at radius 2 is 2.33 bits per heavy atom. The van der Waals surface area contributed by atoms with Crippen LogP contribution in [0.3, 0.4) is 0 Å². The second-order valence-electron chi connectivity index (χ2n) is 6.66. The number of rotatable bonds is 5. The van der Waals surface area contributed by atoms with Gasteiger partial charge in [-0.2, -0.15) is 0 Å². The molecule has 1 aliphatic heterocycles. The fourth-order valence-corrected chi connectivity index (χ4v) is 3.10. The van der Waals surface area contributed by atoms with Gasteiger partial charge in [-0.15, -0.1) is 0 Å². The smallest absolute Gasteiger partial charge is 0.191 e. The Balaban J connectivity index is 1.49. The van der Waals surface area contributed by atoms with Crippen molar-refractivity contribution in [2.75, 3.05) is 26.7 Å². The fraction of sp³-hybridized carbons (Fsp3) is 0.556. The van der Waals surface area contributed by atoms with Gasteiger partial charge < -0.3 is 19.8 Å². The lowest BCUT2D eigenvalue weighted by molar-refractivity contribution is 0.0243. The summed E-state index contributed by atoms with van der Waals surface area (Å²) in [5.41, 5.74) is 3.23. The van der Waals surface area contributed by atoms with Crippen LogP contribution < -0.4 is 10.6 Å². The zero-order chi connectivity index (χ0) is 17.0. The predicted molar refractivity (Wildman–Crippen MR) is 96.6 cm³/mol. The third-order valence-electron chi connectivity index (χ3n) is 4.56. The van der Waals surface area contributed by atoms with Gasteiger partial charge in [0.25, 0.3) is 0 Å². The number of aromatic nitrogens is 2. The highest BCUT2D eigenvalue weighted by Crippen LogP contribution is 2.23. The summed E-state index contributed by atoms with van der Waals surface area (Å²) >= 11 is 0. The molecule has 0 radical (unpaired) electrons. The molecule has 1 aliphatic rings. The summed E-state index contributed by atoms with van der Waals surface area (Å²) in [4.78, 5) is 8.98. The first-order chi connectivity index (χ1) is 11.6. The normalized spacial score (nSPS) is 21.4. The molecule has 130 valence electrons. The molecule has 2 aromatic heterocycles. The van der Waals surface area contributed by atoms with Gasteiger partial charge in [-0.3, -0.25) is 4.99 Å². The van der Waals surface area contributed by atoms with E-state index >= 15 is 0 Å². The van der Waals surface area contributed by atoms with Crippen LogP contribution in [0, 0.1) is 6.92 Å². The topological polar surface area (TPSA) is 63.0 Å². The molecular weight excluding hydrogens is 302 g/mol. The Morgan fingerprint density at radius 3 is 3.04 bits per heavy atom. The van der Waals surface area contributed by atoms with Crippen LogP contribution in [0.4, 0.5) is 0 Å². The van der Waals surface area contributed by atoms with Gasteiger partial charge in [-0.1, -0.05) is 6.07 Å². The number of hydrogen-bond donors (Lipinski definition) is 2. The lowest BCUT2D eigenvalue weighted by Gasteiger charge is -2.24. The van der Waals surface area contributed by atoms with Crippen molar-refractivity contribution >= 4 is 11.6 Å². The maximum atomic E-state index is 5.80. The molecule has 1 saturated heterocycles. The number of pyridine rings is 1. The zero-order valence-corrected chi connectivity index (χ0v) is 14.8. The average molecular weight is 329 g/mol. The molecule has 0 aliphatic carbocycles. The number of hydrogen-bond acceptors (Lipinski definition) is 3. The van der Waals surface area contributed by atoms with E-state index in [0.29, 0.717) is 0 Å². The van der Waals surface area contributed by atoms with E-state index in [0.717, 1.165) is 56.3 Å². The number of ether oxygens (including phenoxy) is 1. The van der Waals surface area contributed by atoms with Crippen LogP contribution in [0.5, 0.6) is 0 Å². The minimum Gasteiger partial charge on any atom is -0.373 e. The number of guanidine groups is 1. The van der Waals surface area contributed by atoms with Crippen molar-refractivity contribution in [2.24, 2.45) is 4.99 Å². The standard InChI is InChI=1S/C18H27N5O/c1-14-6-4-10-23-12-15(22-16(14)23)7-9-20-17(19-3)21-13-18(2)8-5-11-24-18/h4,6,10,12H,5,7-9,11,13H2,1-3H3,(H2,19,20,21). The van der Waals surface area contributed by atoms with Gasteiger partial charge in [0.05, 0.1) is 11.3 Å². The summed E-state index contributed by atoms with van der Waals surface area (Å²) in [6.07, 6.45) is 7.22. The fourth-order valence-electron chi connectivity index (χ4n) is 3.10. The number of aryl methyl sites for hydroxylation is 1. The summed E-state index contributed by atoms with van der Waals surface area (Å²) in [6.45, 7) is 6.67. The SMILES string of the molecule is CN=C(NCCc1cn2cccc(C)c2n1)NCC1(C)CCCO1. The van der Waals surface area contributed by atoms with Crippen molar-refractivity contribution in [1.29, 1.82) is 0 Å². The quantitative estimate of drug-likeness (QED) is 0.650. The summed E-state index contributed by atoms with van der Waals surface area (Å²) in [6, 6.07) is 4.13. The Labute approximate surface area is 143 Å². The Bertz CT molecular complexity index is 715. The lowest BCUT2D eigenvalue weighted by atomic mass is 10.0. The monoisotopic (exact) mass is 329 g/mol. The van der Waals surface area contributed by atoms with Crippen LogP contribution in [0.2, 0.25) is 0 Å². The summed E-state index contributed by atoms with van der Waals surface area (Å²) in [5, 5.41) is 6.71. The molecule has 24 heavy (non-hydrogen) atoms. The third-order valence-corrected chi connectivity index (χ3v) is 4.56. The molecule has 1 unspecified atom stereocenters. The van der Waals surface area contributed by atoms with Gasteiger partial charge in [0.1, 0.15) is 5.65 Å². The van der Waals surface area contributed by atoms with E-state index in [2.05, 4.69) is 46.1 Å². The predicted octanol–water partition coefficient (Wildman–Crippen LogP) is 1.92. The van der Waals surface area contributed by atoms with E-state index in [4.69, 9.17) is 9.72 Å². The summed E-state index contributed by atoms with van der Waals surface area (Å²) < 4.78 is 7.88. The van der Waals surface area contributed by atoms with Crippen molar-refractivity contribution in [3.63, 3.8) is 0 Å². The number of nitrogens with zero attached hydrogens (tertiary/aromatic N) is 3. The molecule has 3 rings (SSSR count). The van der Waals surface area contributed by atoms with E-state index < -0.39 is 0 Å². The molecule has 1 atom stereocenters. The van der Waals surface area contributed by atoms with Crippen LogP contribution in [0.25, 0.3) is 5.65 Å². The molecule has 0 spiro atoms. The average Bonchev–Trinajstić information content (AvgIpc) is 3.18. The highest BCUT2D eigenvalue weighted by Gasteiger charge is 2.29. The molecular formula is C18H27N5O. The summed E-state index contributed by atoms with van der Waals surface area (Å²) in [7, 11) is 1.79. The van der Waals surface area contributed by atoms with Crippen molar-refractivity contribution in [1.82, 2.24) is 20.0 Å². The van der Waals surface area contributed by atoms with Gasteiger partial charge >= 0.3 is 0 Å². The molecule has 6 nitrogen and oxygen atoms in total. The lowest BCUT2D eigenvalue weighted by Crippen LogP contribution is -2.45. The van der Waals surface area contributed by atoms with Crippen LogP contribution in [-0.4, -0.2) is 47.7 Å². The van der Waals surface area contributed by atoms with Gasteiger partial charge in [-0.25, -0.2) is 4.98 Å². The number of fused-ring (bicyclic) bond motifs is 1. The second kappa shape index (κ2) is 7.21. The van der Waals surface area contributed by atoms with Crippen molar-refractivity contribution in [2.45, 2.75) is 38.7 Å². The minimum atomic E-state index is -0.0727. The minimum absolute atomic E-state index is 0.0727. The molecule has 2 aromatic rings. The van der Waals surface area contributed by atoms with Gasteiger partial charge in [-0.05, 0) is 38.3 Å². The van der Waals surface area contributed by atoms with Crippen molar-refractivity contribution in [3.05, 3.63) is 35.8 Å². The van der Waals surface area contributed by atoms with E-state index in [1.54, 1.807) is 7.05 Å². The molecule has 1 fully saturated rings. The Hall–Kier alpha value is -2.08. The second-order valence-corrected chi connectivity index (χ2v) is 6.66. The van der Waals surface area contributed by atoms with Crippen LogP contribution >= 0.6 is 0 Å². The van der Waals surface area contributed by atoms with Gasteiger partial charge in [0, 0.05) is 45.6 Å². The zero-order valence-electron chi connectivity index (χ0n) is 14.8. The highest BCUT2D eigenvalue weighted by atomic mass is 16.5. The van der Waals surface area contributed by atoms with E-state index in [-0.39, 0.29) is 5.60 Å². The molecule has 2 N–H and O–H groups in total. The van der Waals surface area contributed by atoms with Crippen LogP contribution in [0.15, 0.2) is 29.5 Å². The number of imidazole rings is 1. The third kappa shape index (κ3) is 3.87. The molecule has 0 amide bonds. The van der Waals surface area contributed by atoms with Gasteiger partial charge in [0.2, 0.25) is 0 Å². The molecule has 0 aromatic carbocycles.